The highest BCUT2D eigenvalue weighted by atomic mass is 32.1. The Hall–Kier alpha value is -1.88. The van der Waals surface area contributed by atoms with E-state index in [1.807, 2.05) is 16.9 Å². The molecule has 2 aromatic rings. The minimum Gasteiger partial charge on any atom is -0.362 e. The van der Waals surface area contributed by atoms with Crippen molar-refractivity contribution in [2.45, 2.75) is 46.1 Å². The number of aromatic nitrogens is 2. The molecule has 0 radical (unpaired) electrons. The average Bonchev–Trinajstić information content (AvgIpc) is 2.96. The summed E-state index contributed by atoms with van der Waals surface area (Å²) in [6.07, 6.45) is 6.43. The molecule has 0 saturated heterocycles. The fourth-order valence-corrected chi connectivity index (χ4v) is 2.59. The number of unbranched alkanes of at least 4 members (excludes halogenated alkanes) is 1. The smallest absolute Gasteiger partial charge is 0.170 e. The summed E-state index contributed by atoms with van der Waals surface area (Å²) in [7, 11) is 0. The van der Waals surface area contributed by atoms with Gasteiger partial charge in [-0.1, -0.05) is 25.5 Å². The molecule has 2 rings (SSSR count). The van der Waals surface area contributed by atoms with Crippen LogP contribution in [0.15, 0.2) is 36.5 Å². The number of nitrogens with one attached hydrogen (secondary N) is 2. The van der Waals surface area contributed by atoms with E-state index in [0.29, 0.717) is 5.11 Å². The summed E-state index contributed by atoms with van der Waals surface area (Å²) in [6.45, 7) is 6.02. The van der Waals surface area contributed by atoms with Gasteiger partial charge in [-0.15, -0.1) is 0 Å². The molecule has 4 nitrogen and oxygen atoms in total. The van der Waals surface area contributed by atoms with E-state index in [1.165, 1.54) is 24.1 Å². The highest BCUT2D eigenvalue weighted by Crippen LogP contribution is 2.11. The highest BCUT2D eigenvalue weighted by molar-refractivity contribution is 7.80. The van der Waals surface area contributed by atoms with Gasteiger partial charge in [-0.05, 0) is 62.2 Å². The van der Waals surface area contributed by atoms with Crippen molar-refractivity contribution in [3.63, 3.8) is 0 Å². The summed E-state index contributed by atoms with van der Waals surface area (Å²) in [4.78, 5) is 0. The van der Waals surface area contributed by atoms with Crippen molar-refractivity contribution < 1.29 is 0 Å². The van der Waals surface area contributed by atoms with Gasteiger partial charge in [-0.25, -0.2) is 0 Å². The van der Waals surface area contributed by atoms with E-state index in [1.54, 1.807) is 0 Å². The minimum absolute atomic E-state index is 0.670. The minimum atomic E-state index is 0.670. The molecule has 2 N–H and O–H groups in total. The van der Waals surface area contributed by atoms with Gasteiger partial charge in [0.25, 0.3) is 0 Å². The van der Waals surface area contributed by atoms with Gasteiger partial charge in [-0.2, -0.15) is 5.10 Å². The second-order valence-electron chi connectivity index (χ2n) is 5.73. The Kier molecular flexibility index (Phi) is 7.07. The quantitative estimate of drug-likeness (QED) is 0.569. The molecule has 0 aliphatic heterocycles. The largest absolute Gasteiger partial charge is 0.362 e. The van der Waals surface area contributed by atoms with Crippen LogP contribution < -0.4 is 10.6 Å². The van der Waals surface area contributed by atoms with Crippen molar-refractivity contribution in [1.29, 1.82) is 0 Å². The maximum atomic E-state index is 5.33. The van der Waals surface area contributed by atoms with Crippen molar-refractivity contribution in [3.05, 3.63) is 47.8 Å². The van der Waals surface area contributed by atoms with Gasteiger partial charge in [0.1, 0.15) is 0 Å². The number of aryl methyl sites for hydroxylation is 3. The number of anilines is 1. The molecule has 0 saturated carbocycles. The second kappa shape index (κ2) is 9.30. The van der Waals surface area contributed by atoms with Crippen LogP contribution in [0.4, 0.5) is 5.69 Å². The third kappa shape index (κ3) is 6.02. The first kappa shape index (κ1) is 17.5. The summed E-state index contributed by atoms with van der Waals surface area (Å²) in [6, 6.07) is 10.5. The summed E-state index contributed by atoms with van der Waals surface area (Å²) >= 11 is 5.33. The van der Waals surface area contributed by atoms with Crippen LogP contribution >= 0.6 is 12.2 Å². The lowest BCUT2D eigenvalue weighted by molar-refractivity contribution is 0.561. The fraction of sp³-hybridized carbons (Fsp3) is 0.444. The van der Waals surface area contributed by atoms with Gasteiger partial charge in [0, 0.05) is 30.7 Å². The van der Waals surface area contributed by atoms with Crippen LogP contribution in [0.3, 0.4) is 0 Å². The molecule has 5 heteroatoms. The summed E-state index contributed by atoms with van der Waals surface area (Å²) in [5, 5.41) is 11.4. The first-order valence-electron chi connectivity index (χ1n) is 8.31. The predicted molar refractivity (Wildman–Crippen MR) is 101 cm³/mol. The normalized spacial score (nSPS) is 10.5. The summed E-state index contributed by atoms with van der Waals surface area (Å²) < 4.78 is 2.01. The van der Waals surface area contributed by atoms with Crippen LogP contribution in [0.5, 0.6) is 0 Å². The SMILES string of the molecule is CCCCc1ccc(NC(=S)NCCCn2nccc2C)cc1. The molecule has 0 aliphatic carbocycles. The lowest BCUT2D eigenvalue weighted by Gasteiger charge is -2.11. The van der Waals surface area contributed by atoms with E-state index in [9.17, 15) is 0 Å². The van der Waals surface area contributed by atoms with Crippen LogP contribution in [-0.2, 0) is 13.0 Å². The molecule has 0 fully saturated rings. The van der Waals surface area contributed by atoms with Gasteiger partial charge in [0.05, 0.1) is 0 Å². The highest BCUT2D eigenvalue weighted by Gasteiger charge is 2.00. The van der Waals surface area contributed by atoms with Gasteiger partial charge >= 0.3 is 0 Å². The fourth-order valence-electron chi connectivity index (χ4n) is 2.37. The standard InChI is InChI=1S/C18H26N4S/c1-3-4-6-16-7-9-17(10-8-16)21-18(23)19-12-5-14-22-15(2)11-13-20-22/h7-11,13H,3-6,12,14H2,1-2H3,(H2,19,21,23). The number of hydrogen-bond acceptors (Lipinski definition) is 2. The Morgan fingerprint density at radius 3 is 2.61 bits per heavy atom. The number of rotatable bonds is 8. The van der Waals surface area contributed by atoms with Crippen molar-refractivity contribution >= 4 is 23.0 Å². The van der Waals surface area contributed by atoms with E-state index < -0.39 is 0 Å². The summed E-state index contributed by atoms with van der Waals surface area (Å²) in [5.41, 5.74) is 3.60. The molecule has 0 bridgehead atoms. The van der Waals surface area contributed by atoms with E-state index in [-0.39, 0.29) is 0 Å². The third-order valence-corrected chi connectivity index (χ3v) is 4.04. The van der Waals surface area contributed by atoms with Crippen molar-refractivity contribution in [2.24, 2.45) is 0 Å². The van der Waals surface area contributed by atoms with Gasteiger partial charge < -0.3 is 10.6 Å². The number of thiocarbonyl (C=S) groups is 1. The Bertz CT molecular complexity index is 604. The first-order valence-corrected chi connectivity index (χ1v) is 8.72. The molecule has 1 aromatic carbocycles. The topological polar surface area (TPSA) is 41.9 Å². The van der Waals surface area contributed by atoms with Gasteiger partial charge in [-0.3, -0.25) is 4.68 Å². The van der Waals surface area contributed by atoms with E-state index in [0.717, 1.165) is 31.6 Å². The van der Waals surface area contributed by atoms with Crippen LogP contribution in [0.1, 0.15) is 37.4 Å². The van der Waals surface area contributed by atoms with Crippen molar-refractivity contribution in [2.75, 3.05) is 11.9 Å². The zero-order chi connectivity index (χ0) is 16.5. The number of benzene rings is 1. The Balaban J connectivity index is 1.67. The molecule has 0 atom stereocenters. The third-order valence-electron chi connectivity index (χ3n) is 3.79. The average molecular weight is 331 g/mol. The molecule has 1 heterocycles. The first-order chi connectivity index (χ1) is 11.2. The predicted octanol–water partition coefficient (Wildman–Crippen LogP) is 3.91. The summed E-state index contributed by atoms with van der Waals surface area (Å²) in [5.74, 6) is 0. The lowest BCUT2D eigenvalue weighted by Crippen LogP contribution is -2.29. The number of nitrogens with zero attached hydrogens (tertiary/aromatic N) is 2. The van der Waals surface area contributed by atoms with Crippen LogP contribution in [0.2, 0.25) is 0 Å². The van der Waals surface area contributed by atoms with Crippen LogP contribution in [-0.4, -0.2) is 21.4 Å². The number of hydrogen-bond donors (Lipinski definition) is 2. The monoisotopic (exact) mass is 330 g/mol. The Morgan fingerprint density at radius 2 is 1.96 bits per heavy atom. The van der Waals surface area contributed by atoms with E-state index in [4.69, 9.17) is 12.2 Å². The zero-order valence-electron chi connectivity index (χ0n) is 14.0. The maximum Gasteiger partial charge on any atom is 0.170 e. The molecule has 0 unspecified atom stereocenters. The molecule has 0 aliphatic rings. The molecule has 0 spiro atoms. The van der Waals surface area contributed by atoms with Crippen molar-refractivity contribution in [3.8, 4) is 0 Å². The van der Waals surface area contributed by atoms with E-state index in [2.05, 4.69) is 53.8 Å². The molecule has 23 heavy (non-hydrogen) atoms. The van der Waals surface area contributed by atoms with Crippen LogP contribution in [0.25, 0.3) is 0 Å². The molecular weight excluding hydrogens is 304 g/mol. The van der Waals surface area contributed by atoms with Gasteiger partial charge in [0.2, 0.25) is 0 Å². The Labute approximate surface area is 144 Å². The second-order valence-corrected chi connectivity index (χ2v) is 6.14. The van der Waals surface area contributed by atoms with Crippen LogP contribution in [0, 0.1) is 6.92 Å². The molecular formula is C18H26N4S. The Morgan fingerprint density at radius 1 is 1.17 bits per heavy atom. The van der Waals surface area contributed by atoms with Gasteiger partial charge in [0.15, 0.2) is 5.11 Å². The van der Waals surface area contributed by atoms with Crippen molar-refractivity contribution in [1.82, 2.24) is 15.1 Å². The molecule has 1 aromatic heterocycles. The van der Waals surface area contributed by atoms with E-state index >= 15 is 0 Å². The molecule has 0 amide bonds. The molecule has 124 valence electrons. The maximum absolute atomic E-state index is 5.33. The lowest BCUT2D eigenvalue weighted by atomic mass is 10.1. The zero-order valence-corrected chi connectivity index (χ0v) is 14.8.